The van der Waals surface area contributed by atoms with Crippen LogP contribution in [-0.2, 0) is 0 Å². The molecule has 0 radical (unpaired) electrons. The zero-order chi connectivity index (χ0) is 20.2. The molecule has 4 heteroatoms. The SMILES string of the molecule is Cc1ccc(-c2c3c4[nH]c5ccccc5c4cc[n+]3cn2-c2ccc(F)cc2)cc1. The lowest BCUT2D eigenvalue weighted by Gasteiger charge is -2.03. The van der Waals surface area contributed by atoms with Gasteiger partial charge in [0.25, 0.3) is 6.33 Å². The molecule has 6 rings (SSSR count). The number of imidazole rings is 1. The van der Waals surface area contributed by atoms with Crippen molar-refractivity contribution in [2.24, 2.45) is 0 Å². The predicted molar refractivity (Wildman–Crippen MR) is 118 cm³/mol. The number of aromatic nitrogens is 3. The van der Waals surface area contributed by atoms with Crippen molar-refractivity contribution < 1.29 is 8.79 Å². The quantitative estimate of drug-likeness (QED) is 0.352. The third-order valence-corrected chi connectivity index (χ3v) is 5.78. The van der Waals surface area contributed by atoms with Gasteiger partial charge in [-0.25, -0.2) is 4.39 Å². The molecule has 0 atom stereocenters. The number of aromatic amines is 1. The topological polar surface area (TPSA) is 24.8 Å². The van der Waals surface area contributed by atoms with Crippen molar-refractivity contribution >= 4 is 27.3 Å². The molecule has 0 saturated heterocycles. The molecule has 3 heterocycles. The second-order valence-corrected chi connectivity index (χ2v) is 7.71. The number of aryl methyl sites for hydroxylation is 1. The fraction of sp³-hybridized carbons (Fsp3) is 0.0385. The molecule has 144 valence electrons. The minimum Gasteiger partial charge on any atom is -0.351 e. The summed E-state index contributed by atoms with van der Waals surface area (Å²) in [5.74, 6) is -0.238. The van der Waals surface area contributed by atoms with Gasteiger partial charge in [-0.2, -0.15) is 8.97 Å². The van der Waals surface area contributed by atoms with Crippen LogP contribution in [0, 0.1) is 12.7 Å². The summed E-state index contributed by atoms with van der Waals surface area (Å²) in [7, 11) is 0. The van der Waals surface area contributed by atoms with E-state index in [4.69, 9.17) is 0 Å². The van der Waals surface area contributed by atoms with Crippen LogP contribution in [0.15, 0.2) is 91.4 Å². The van der Waals surface area contributed by atoms with E-state index >= 15 is 0 Å². The molecule has 3 aromatic heterocycles. The number of rotatable bonds is 2. The lowest BCUT2D eigenvalue weighted by molar-refractivity contribution is -0.510. The largest absolute Gasteiger partial charge is 0.351 e. The molecule has 0 amide bonds. The van der Waals surface area contributed by atoms with Crippen molar-refractivity contribution in [2.45, 2.75) is 6.92 Å². The summed E-state index contributed by atoms with van der Waals surface area (Å²) < 4.78 is 17.8. The number of halogens is 1. The van der Waals surface area contributed by atoms with E-state index < -0.39 is 0 Å². The van der Waals surface area contributed by atoms with Crippen molar-refractivity contribution in [3.63, 3.8) is 0 Å². The van der Waals surface area contributed by atoms with Gasteiger partial charge in [-0.05, 0) is 43.3 Å². The van der Waals surface area contributed by atoms with Crippen molar-refractivity contribution in [3.8, 4) is 16.9 Å². The van der Waals surface area contributed by atoms with Gasteiger partial charge in [0.05, 0.1) is 11.7 Å². The Balaban J connectivity index is 1.77. The first-order valence-electron chi connectivity index (χ1n) is 9.98. The highest BCUT2D eigenvalue weighted by atomic mass is 19.1. The average molecular weight is 392 g/mol. The normalized spacial score (nSPS) is 11.7. The Hall–Kier alpha value is -3.92. The molecule has 0 bridgehead atoms. The maximum Gasteiger partial charge on any atom is 0.254 e. The number of hydrogen-bond donors (Lipinski definition) is 1. The van der Waals surface area contributed by atoms with Gasteiger partial charge < -0.3 is 4.98 Å². The van der Waals surface area contributed by atoms with Crippen molar-refractivity contribution in [1.29, 1.82) is 0 Å². The minimum atomic E-state index is -0.238. The minimum absolute atomic E-state index is 0.238. The first-order chi connectivity index (χ1) is 14.7. The predicted octanol–water partition coefficient (Wildman–Crippen LogP) is 5.97. The molecular formula is C26H19FN3+. The summed E-state index contributed by atoms with van der Waals surface area (Å²) in [6.45, 7) is 2.09. The number of hydrogen-bond acceptors (Lipinski definition) is 0. The standard InChI is InChI=1S/C26H19FN3/c1-17-6-8-18(9-7-17)25-26-24-22(21-4-2-3-5-23(21)28-24)14-15-29(26)16-30(25)20-12-10-19(27)11-13-20/h2-16,28H,1H3/q+1. The highest BCUT2D eigenvalue weighted by Crippen LogP contribution is 2.33. The van der Waals surface area contributed by atoms with Gasteiger partial charge in [0.15, 0.2) is 5.69 Å². The van der Waals surface area contributed by atoms with E-state index in [1.54, 1.807) is 0 Å². The van der Waals surface area contributed by atoms with E-state index in [2.05, 4.69) is 81.9 Å². The van der Waals surface area contributed by atoms with E-state index in [0.29, 0.717) is 0 Å². The van der Waals surface area contributed by atoms with Crippen LogP contribution in [0.1, 0.15) is 5.56 Å². The number of nitrogens with one attached hydrogen (secondary N) is 1. The van der Waals surface area contributed by atoms with Crippen LogP contribution >= 0.6 is 0 Å². The van der Waals surface area contributed by atoms with Crippen LogP contribution < -0.4 is 4.40 Å². The Morgan fingerprint density at radius 2 is 1.60 bits per heavy atom. The second-order valence-electron chi connectivity index (χ2n) is 7.71. The van der Waals surface area contributed by atoms with Crippen molar-refractivity contribution in [1.82, 2.24) is 9.55 Å². The smallest absolute Gasteiger partial charge is 0.254 e. The fourth-order valence-corrected chi connectivity index (χ4v) is 4.30. The van der Waals surface area contributed by atoms with Crippen molar-refractivity contribution in [3.05, 3.63) is 103 Å². The van der Waals surface area contributed by atoms with Crippen molar-refractivity contribution in [2.75, 3.05) is 0 Å². The van der Waals surface area contributed by atoms with Gasteiger partial charge in [-0.15, -0.1) is 0 Å². The zero-order valence-corrected chi connectivity index (χ0v) is 16.4. The summed E-state index contributed by atoms with van der Waals surface area (Å²) in [6.07, 6.45) is 4.15. The van der Waals surface area contributed by atoms with Crippen LogP contribution in [0.2, 0.25) is 0 Å². The van der Waals surface area contributed by atoms with Gasteiger partial charge in [-0.1, -0.05) is 48.0 Å². The maximum absolute atomic E-state index is 13.6. The Labute approximate surface area is 172 Å². The lowest BCUT2D eigenvalue weighted by Crippen LogP contribution is -2.17. The third kappa shape index (κ3) is 2.47. The molecule has 0 fully saturated rings. The maximum atomic E-state index is 13.6. The van der Waals surface area contributed by atoms with Gasteiger partial charge in [0.1, 0.15) is 11.5 Å². The van der Waals surface area contributed by atoms with Crippen LogP contribution in [0.3, 0.4) is 0 Å². The fourth-order valence-electron chi connectivity index (χ4n) is 4.30. The highest BCUT2D eigenvalue weighted by Gasteiger charge is 2.24. The van der Waals surface area contributed by atoms with E-state index in [1.807, 2.05) is 18.2 Å². The molecule has 30 heavy (non-hydrogen) atoms. The molecule has 3 aromatic carbocycles. The molecule has 1 N–H and O–H groups in total. The van der Waals surface area contributed by atoms with Gasteiger partial charge in [0, 0.05) is 21.9 Å². The number of para-hydroxylation sites is 1. The Bertz CT molecular complexity index is 1540. The van der Waals surface area contributed by atoms with Crippen LogP contribution in [0.5, 0.6) is 0 Å². The molecule has 0 aliphatic heterocycles. The van der Waals surface area contributed by atoms with Crippen LogP contribution in [0.4, 0.5) is 4.39 Å². The number of H-pyrrole nitrogens is 1. The Kier molecular flexibility index (Phi) is 3.56. The Morgan fingerprint density at radius 1 is 0.833 bits per heavy atom. The summed E-state index contributed by atoms with van der Waals surface area (Å²) in [5, 5.41) is 2.40. The monoisotopic (exact) mass is 392 g/mol. The molecular weight excluding hydrogens is 373 g/mol. The first-order valence-corrected chi connectivity index (χ1v) is 9.98. The number of benzene rings is 3. The average Bonchev–Trinajstić information content (AvgIpc) is 3.33. The number of nitrogens with zero attached hydrogens (tertiary/aromatic N) is 2. The molecule has 3 nitrogen and oxygen atoms in total. The zero-order valence-electron chi connectivity index (χ0n) is 16.4. The molecule has 6 aromatic rings. The lowest BCUT2D eigenvalue weighted by atomic mass is 10.1. The first kappa shape index (κ1) is 17.0. The van der Waals surface area contributed by atoms with E-state index in [-0.39, 0.29) is 5.82 Å². The summed E-state index contributed by atoms with van der Waals surface area (Å²) in [4.78, 5) is 3.62. The summed E-state index contributed by atoms with van der Waals surface area (Å²) in [6, 6.07) is 25.7. The van der Waals surface area contributed by atoms with Gasteiger partial charge in [0.2, 0.25) is 5.52 Å². The second kappa shape index (κ2) is 6.29. The molecule has 0 aliphatic carbocycles. The molecule has 0 aliphatic rings. The number of fused-ring (bicyclic) bond motifs is 5. The van der Waals surface area contributed by atoms with Crippen LogP contribution in [-0.4, -0.2) is 9.55 Å². The van der Waals surface area contributed by atoms with E-state index in [9.17, 15) is 4.39 Å². The molecule has 0 saturated carbocycles. The Morgan fingerprint density at radius 3 is 2.40 bits per heavy atom. The van der Waals surface area contributed by atoms with Gasteiger partial charge in [-0.3, -0.25) is 0 Å². The highest BCUT2D eigenvalue weighted by molar-refractivity contribution is 6.13. The summed E-state index contributed by atoms with van der Waals surface area (Å²) >= 11 is 0. The molecule has 0 unspecified atom stereocenters. The van der Waals surface area contributed by atoms with E-state index in [1.165, 1.54) is 28.5 Å². The van der Waals surface area contributed by atoms with Gasteiger partial charge >= 0.3 is 0 Å². The third-order valence-electron chi connectivity index (χ3n) is 5.78. The van der Waals surface area contributed by atoms with Crippen LogP contribution in [0.25, 0.3) is 44.3 Å². The molecule has 0 spiro atoms. The van der Waals surface area contributed by atoms with E-state index in [0.717, 1.165) is 33.5 Å². The summed E-state index contributed by atoms with van der Waals surface area (Å²) in [5.41, 5.74) is 7.61. The number of pyridine rings is 1.